The molecule has 0 radical (unpaired) electrons. The Morgan fingerprint density at radius 3 is 2.62 bits per heavy atom. The van der Waals surface area contributed by atoms with E-state index in [1.807, 2.05) is 0 Å². The van der Waals surface area contributed by atoms with Gasteiger partial charge in [0.15, 0.2) is 0 Å². The highest BCUT2D eigenvalue weighted by Gasteiger charge is 2.20. The molecule has 1 N–H and O–H groups in total. The maximum atomic E-state index is 13.5. The molecule has 0 aliphatic heterocycles. The van der Waals surface area contributed by atoms with Gasteiger partial charge in [-0.3, -0.25) is 10.1 Å². The van der Waals surface area contributed by atoms with Crippen molar-refractivity contribution in [2.24, 2.45) is 0 Å². The Bertz CT molecular complexity index is 791. The first kappa shape index (κ1) is 16.0. The lowest BCUT2D eigenvalue weighted by Crippen LogP contribution is -2.23. The van der Waals surface area contributed by atoms with Crippen LogP contribution in [-0.4, -0.2) is 13.3 Å². The van der Waals surface area contributed by atoms with E-state index in [1.54, 1.807) is 11.4 Å². The lowest BCUT2D eigenvalue weighted by Gasteiger charge is -2.05. The first-order chi connectivity index (χ1) is 9.79. The number of hydrogen-bond donors (Lipinski definition) is 1. The molecular formula is C11H8BrFN2O4S2. The van der Waals surface area contributed by atoms with Crippen LogP contribution in [0, 0.1) is 15.9 Å². The first-order valence-corrected chi connectivity index (χ1v) is 8.62. The number of sulfonamides is 1. The molecule has 0 spiro atoms. The van der Waals surface area contributed by atoms with Crippen LogP contribution in [0.15, 0.2) is 39.0 Å². The molecule has 1 heterocycles. The molecule has 0 saturated heterocycles. The van der Waals surface area contributed by atoms with Crippen LogP contribution >= 0.6 is 27.3 Å². The molecule has 1 aromatic heterocycles. The topological polar surface area (TPSA) is 89.3 Å². The van der Waals surface area contributed by atoms with Crippen molar-refractivity contribution in [2.45, 2.75) is 11.4 Å². The normalized spacial score (nSPS) is 11.5. The van der Waals surface area contributed by atoms with Crippen molar-refractivity contribution in [1.29, 1.82) is 0 Å². The fourth-order valence-corrected chi connectivity index (χ4v) is 4.00. The Morgan fingerprint density at radius 2 is 2.10 bits per heavy atom. The number of hydrogen-bond acceptors (Lipinski definition) is 5. The van der Waals surface area contributed by atoms with Gasteiger partial charge in [-0.2, -0.15) is 4.39 Å². The Hall–Kier alpha value is -1.36. The number of nitro benzene ring substituents is 1. The molecule has 0 fully saturated rings. The molecule has 10 heteroatoms. The summed E-state index contributed by atoms with van der Waals surface area (Å²) in [7, 11) is -3.94. The van der Waals surface area contributed by atoms with E-state index >= 15 is 0 Å². The maximum absolute atomic E-state index is 13.5. The van der Waals surface area contributed by atoms with Gasteiger partial charge in [0.05, 0.1) is 9.82 Å². The second-order valence-corrected chi connectivity index (χ2v) is 7.60. The van der Waals surface area contributed by atoms with E-state index in [0.717, 1.165) is 21.5 Å². The molecule has 112 valence electrons. The molecule has 6 nitrogen and oxygen atoms in total. The Kier molecular flexibility index (Phi) is 4.71. The zero-order valence-corrected chi connectivity index (χ0v) is 13.5. The zero-order valence-electron chi connectivity index (χ0n) is 10.2. The lowest BCUT2D eigenvalue weighted by molar-refractivity contribution is -0.387. The van der Waals surface area contributed by atoms with Gasteiger partial charge >= 0.3 is 5.69 Å². The molecule has 0 amide bonds. The van der Waals surface area contributed by atoms with E-state index in [2.05, 4.69) is 20.7 Å². The predicted molar refractivity (Wildman–Crippen MR) is 79.1 cm³/mol. The second-order valence-electron chi connectivity index (χ2n) is 3.93. The standard InChI is InChI=1S/C11H8BrFN2O4S2/c12-7-3-8(20-6-7)5-14-21(18,19)9-1-2-11(15(16)17)10(13)4-9/h1-4,6,14H,5H2. The second kappa shape index (κ2) is 6.18. The minimum absolute atomic E-state index is 0.0528. The molecule has 0 atom stereocenters. The van der Waals surface area contributed by atoms with Gasteiger partial charge in [-0.15, -0.1) is 11.3 Å². The fourth-order valence-electron chi connectivity index (χ4n) is 1.50. The van der Waals surface area contributed by atoms with Gasteiger partial charge in [-0.25, -0.2) is 13.1 Å². The number of thiophene rings is 1. The molecule has 0 unspecified atom stereocenters. The molecule has 0 bridgehead atoms. The van der Waals surface area contributed by atoms with Crippen molar-refractivity contribution in [3.05, 3.63) is 54.9 Å². The van der Waals surface area contributed by atoms with E-state index in [9.17, 15) is 22.9 Å². The summed E-state index contributed by atoms with van der Waals surface area (Å²) in [4.78, 5) is 9.99. The van der Waals surface area contributed by atoms with Gasteiger partial charge in [0, 0.05) is 33.4 Å². The van der Waals surface area contributed by atoms with Crippen LogP contribution in [0.3, 0.4) is 0 Å². The average Bonchev–Trinajstić information content (AvgIpc) is 2.82. The van der Waals surface area contributed by atoms with Crippen LogP contribution in [0.2, 0.25) is 0 Å². The summed E-state index contributed by atoms with van der Waals surface area (Å²) in [5.74, 6) is -1.19. The molecule has 0 aliphatic carbocycles. The van der Waals surface area contributed by atoms with Crippen LogP contribution < -0.4 is 4.72 Å². The van der Waals surface area contributed by atoms with Crippen molar-refractivity contribution in [1.82, 2.24) is 4.72 Å². The number of halogens is 2. The van der Waals surface area contributed by atoms with Gasteiger partial charge in [0.1, 0.15) is 0 Å². The first-order valence-electron chi connectivity index (χ1n) is 5.46. The minimum Gasteiger partial charge on any atom is -0.258 e. The SMILES string of the molecule is O=[N+]([O-])c1ccc(S(=O)(=O)NCc2cc(Br)cs2)cc1F. The Morgan fingerprint density at radius 1 is 1.38 bits per heavy atom. The monoisotopic (exact) mass is 394 g/mol. The van der Waals surface area contributed by atoms with E-state index in [4.69, 9.17) is 0 Å². The summed E-state index contributed by atoms with van der Waals surface area (Å²) in [6.45, 7) is 0.0528. The lowest BCUT2D eigenvalue weighted by atomic mass is 10.3. The number of nitrogens with zero attached hydrogens (tertiary/aromatic N) is 1. The molecule has 1 aromatic carbocycles. The summed E-state index contributed by atoms with van der Waals surface area (Å²) in [5.41, 5.74) is -0.767. The van der Waals surface area contributed by atoms with Crippen molar-refractivity contribution in [3.63, 3.8) is 0 Å². The van der Waals surface area contributed by atoms with Crippen molar-refractivity contribution >= 4 is 43.0 Å². The molecule has 0 aliphatic rings. The quantitative estimate of drug-likeness (QED) is 0.623. The number of rotatable bonds is 5. The van der Waals surface area contributed by atoms with E-state index in [1.165, 1.54) is 11.3 Å². The molecule has 21 heavy (non-hydrogen) atoms. The van der Waals surface area contributed by atoms with Crippen LogP contribution in [-0.2, 0) is 16.6 Å². The third kappa shape index (κ3) is 3.84. The van der Waals surface area contributed by atoms with E-state index in [0.29, 0.717) is 6.07 Å². The molecule has 0 saturated carbocycles. The predicted octanol–water partition coefficient (Wildman–Crippen LogP) is 3.04. The Balaban J connectivity index is 2.19. The van der Waals surface area contributed by atoms with E-state index in [-0.39, 0.29) is 11.4 Å². The van der Waals surface area contributed by atoms with Gasteiger partial charge in [0.25, 0.3) is 0 Å². The largest absolute Gasteiger partial charge is 0.304 e. The number of nitrogens with one attached hydrogen (secondary N) is 1. The molecule has 2 aromatic rings. The van der Waals surface area contributed by atoms with Crippen LogP contribution in [0.4, 0.5) is 10.1 Å². The smallest absolute Gasteiger partial charge is 0.258 e. The minimum atomic E-state index is -3.94. The molecule has 2 rings (SSSR count). The van der Waals surface area contributed by atoms with Crippen molar-refractivity contribution in [2.75, 3.05) is 0 Å². The summed E-state index contributed by atoms with van der Waals surface area (Å²) >= 11 is 4.61. The van der Waals surface area contributed by atoms with Crippen molar-refractivity contribution < 1.29 is 17.7 Å². The maximum Gasteiger partial charge on any atom is 0.304 e. The summed E-state index contributed by atoms with van der Waals surface area (Å²) in [6.07, 6.45) is 0. The Labute approximate surface area is 131 Å². The summed E-state index contributed by atoms with van der Waals surface area (Å²) in [5, 5.41) is 12.3. The fraction of sp³-hybridized carbons (Fsp3) is 0.0909. The van der Waals surface area contributed by atoms with E-state index < -0.39 is 26.5 Å². The molecular weight excluding hydrogens is 387 g/mol. The summed E-state index contributed by atoms with van der Waals surface area (Å²) in [6, 6.07) is 4.20. The third-order valence-electron chi connectivity index (χ3n) is 2.48. The highest BCUT2D eigenvalue weighted by atomic mass is 79.9. The highest BCUT2D eigenvalue weighted by molar-refractivity contribution is 9.10. The van der Waals surface area contributed by atoms with Crippen LogP contribution in [0.5, 0.6) is 0 Å². The summed E-state index contributed by atoms with van der Waals surface area (Å²) < 4.78 is 40.6. The van der Waals surface area contributed by atoms with Gasteiger partial charge in [-0.1, -0.05) is 0 Å². The van der Waals surface area contributed by atoms with Gasteiger partial charge in [-0.05, 0) is 28.1 Å². The van der Waals surface area contributed by atoms with Gasteiger partial charge in [0.2, 0.25) is 15.8 Å². The highest BCUT2D eigenvalue weighted by Crippen LogP contribution is 2.22. The average molecular weight is 395 g/mol. The number of nitro groups is 1. The number of benzene rings is 1. The van der Waals surface area contributed by atoms with Gasteiger partial charge < -0.3 is 0 Å². The van der Waals surface area contributed by atoms with Crippen LogP contribution in [0.1, 0.15) is 4.88 Å². The van der Waals surface area contributed by atoms with Crippen LogP contribution in [0.25, 0.3) is 0 Å². The van der Waals surface area contributed by atoms with Crippen molar-refractivity contribution in [3.8, 4) is 0 Å². The third-order valence-corrected chi connectivity index (χ3v) is 5.58. The zero-order chi connectivity index (χ0) is 15.6.